The molecule has 0 spiro atoms. The summed E-state index contributed by atoms with van der Waals surface area (Å²) in [7, 11) is 0. The maximum atomic E-state index is 10.9. The van der Waals surface area contributed by atoms with Crippen LogP contribution in [0.25, 0.3) is 0 Å². The lowest BCUT2D eigenvalue weighted by atomic mass is 10.1. The number of hydrogen-bond donors (Lipinski definition) is 1. The fourth-order valence-corrected chi connectivity index (χ4v) is 1.54. The van der Waals surface area contributed by atoms with Gasteiger partial charge in [-0.25, -0.2) is 0 Å². The molecule has 0 radical (unpaired) electrons. The van der Waals surface area contributed by atoms with Crippen molar-refractivity contribution < 1.29 is 4.79 Å². The molecule has 0 aliphatic carbocycles. The molecule has 2 N–H and O–H groups in total. The smallest absolute Gasteiger partial charge is 0.244 e. The van der Waals surface area contributed by atoms with Gasteiger partial charge in [-0.15, -0.1) is 0 Å². The lowest BCUT2D eigenvalue weighted by Crippen LogP contribution is -2.33. The Balaban J connectivity index is 4.55. The van der Waals surface area contributed by atoms with Crippen LogP contribution in [-0.4, -0.2) is 29.9 Å². The first-order valence-corrected chi connectivity index (χ1v) is 5.29. The predicted molar refractivity (Wildman–Crippen MR) is 60.0 cm³/mol. The zero-order valence-electron chi connectivity index (χ0n) is 9.71. The number of primary amides is 1. The van der Waals surface area contributed by atoms with Crippen molar-refractivity contribution >= 4 is 5.91 Å². The van der Waals surface area contributed by atoms with Gasteiger partial charge >= 0.3 is 0 Å². The number of nitrogens with two attached hydrogens (primary N) is 1. The van der Waals surface area contributed by atoms with Crippen LogP contribution >= 0.6 is 0 Å². The van der Waals surface area contributed by atoms with Crippen molar-refractivity contribution in [3.63, 3.8) is 0 Å². The Bertz CT molecular complexity index is 207. The third-order valence-corrected chi connectivity index (χ3v) is 2.53. The maximum absolute atomic E-state index is 10.9. The van der Waals surface area contributed by atoms with E-state index in [2.05, 4.69) is 25.7 Å². The molecule has 1 atom stereocenters. The van der Waals surface area contributed by atoms with Crippen LogP contribution in [-0.2, 0) is 4.79 Å². The van der Waals surface area contributed by atoms with Crippen molar-refractivity contribution in [3.05, 3.63) is 11.6 Å². The Labute approximate surface area is 87.0 Å². The van der Waals surface area contributed by atoms with Crippen LogP contribution in [0.15, 0.2) is 11.6 Å². The Morgan fingerprint density at radius 3 is 2.14 bits per heavy atom. The molecule has 82 valence electrons. The van der Waals surface area contributed by atoms with Crippen LogP contribution in [0.4, 0.5) is 0 Å². The fraction of sp³-hybridized carbons (Fsp3) is 0.727. The van der Waals surface area contributed by atoms with Gasteiger partial charge in [-0.3, -0.25) is 9.69 Å². The van der Waals surface area contributed by atoms with E-state index < -0.39 is 0 Å². The van der Waals surface area contributed by atoms with E-state index in [0.29, 0.717) is 11.6 Å². The number of carbonyl (C=O) groups excluding carboxylic acids is 1. The molecule has 14 heavy (non-hydrogen) atoms. The van der Waals surface area contributed by atoms with Crippen molar-refractivity contribution in [1.82, 2.24) is 4.90 Å². The van der Waals surface area contributed by atoms with Crippen LogP contribution in [0, 0.1) is 0 Å². The summed E-state index contributed by atoms with van der Waals surface area (Å²) < 4.78 is 0. The summed E-state index contributed by atoms with van der Waals surface area (Å²) in [5, 5.41) is 0. The highest BCUT2D eigenvalue weighted by atomic mass is 16.1. The van der Waals surface area contributed by atoms with E-state index in [4.69, 9.17) is 5.73 Å². The zero-order valence-corrected chi connectivity index (χ0v) is 9.71. The second-order valence-corrected chi connectivity index (χ2v) is 3.41. The molecule has 0 aliphatic heterocycles. The zero-order chi connectivity index (χ0) is 11.1. The van der Waals surface area contributed by atoms with Crippen LogP contribution in [0.5, 0.6) is 0 Å². The molecular weight excluding hydrogens is 176 g/mol. The molecule has 0 rings (SSSR count). The molecule has 3 heteroatoms. The highest BCUT2D eigenvalue weighted by molar-refractivity contribution is 5.91. The Kier molecular flexibility index (Phi) is 6.21. The summed E-state index contributed by atoms with van der Waals surface area (Å²) in [6, 6.07) is 0.331. The topological polar surface area (TPSA) is 46.3 Å². The molecule has 0 saturated heterocycles. The summed E-state index contributed by atoms with van der Waals surface area (Å²) in [6.45, 7) is 10.1. The molecule has 0 bridgehead atoms. The van der Waals surface area contributed by atoms with Gasteiger partial charge in [-0.2, -0.15) is 0 Å². The molecule has 0 aromatic rings. The molecule has 0 saturated carbocycles. The highest BCUT2D eigenvalue weighted by Gasteiger charge is 2.11. The molecule has 0 aromatic carbocycles. The number of nitrogens with zero attached hydrogens (tertiary/aromatic N) is 1. The lowest BCUT2D eigenvalue weighted by molar-refractivity contribution is -0.114. The van der Waals surface area contributed by atoms with Crippen molar-refractivity contribution in [2.24, 2.45) is 5.73 Å². The Morgan fingerprint density at radius 1 is 1.36 bits per heavy atom. The number of rotatable bonds is 6. The third kappa shape index (κ3) is 3.92. The number of carbonyl (C=O) groups is 1. The maximum Gasteiger partial charge on any atom is 0.244 e. The average molecular weight is 198 g/mol. The van der Waals surface area contributed by atoms with Gasteiger partial charge in [-0.1, -0.05) is 26.8 Å². The number of amides is 1. The number of likely N-dealkylation sites (N-methyl/N-ethyl adjacent to an activating group) is 1. The van der Waals surface area contributed by atoms with Gasteiger partial charge in [0.25, 0.3) is 0 Å². The quantitative estimate of drug-likeness (QED) is 0.658. The van der Waals surface area contributed by atoms with Crippen molar-refractivity contribution in [3.8, 4) is 0 Å². The Morgan fingerprint density at radius 2 is 1.86 bits per heavy atom. The normalized spacial score (nSPS) is 14.5. The van der Waals surface area contributed by atoms with Gasteiger partial charge in [-0.05, 0) is 26.4 Å². The van der Waals surface area contributed by atoms with Crippen LogP contribution in [0.1, 0.15) is 34.1 Å². The molecule has 0 aliphatic rings. The first kappa shape index (κ1) is 13.2. The average Bonchev–Trinajstić information content (AvgIpc) is 2.17. The van der Waals surface area contributed by atoms with E-state index in [1.165, 1.54) is 0 Å². The van der Waals surface area contributed by atoms with E-state index >= 15 is 0 Å². The van der Waals surface area contributed by atoms with Crippen LogP contribution in [0.3, 0.4) is 0 Å². The van der Waals surface area contributed by atoms with E-state index in [1.54, 1.807) is 6.92 Å². The van der Waals surface area contributed by atoms with E-state index in [0.717, 1.165) is 19.5 Å². The SMILES string of the molecule is CCC(C=C(C)C(N)=O)N(CC)CC. The van der Waals surface area contributed by atoms with Gasteiger partial charge in [0.1, 0.15) is 0 Å². The standard InChI is InChI=1S/C11H22N2O/c1-5-10(13(6-2)7-3)8-9(4)11(12)14/h8,10H,5-7H2,1-4H3,(H2,12,14). The van der Waals surface area contributed by atoms with Gasteiger partial charge in [0, 0.05) is 11.6 Å². The summed E-state index contributed by atoms with van der Waals surface area (Å²) in [5.41, 5.74) is 5.85. The highest BCUT2D eigenvalue weighted by Crippen LogP contribution is 2.08. The first-order chi connectivity index (χ1) is 6.56. The minimum atomic E-state index is -0.324. The van der Waals surface area contributed by atoms with Gasteiger partial charge in [0.15, 0.2) is 0 Å². The Hall–Kier alpha value is -0.830. The summed E-state index contributed by atoms with van der Waals surface area (Å²) in [6.07, 6.45) is 2.97. The first-order valence-electron chi connectivity index (χ1n) is 5.29. The summed E-state index contributed by atoms with van der Waals surface area (Å²) >= 11 is 0. The van der Waals surface area contributed by atoms with E-state index in [9.17, 15) is 4.79 Å². The number of hydrogen-bond acceptors (Lipinski definition) is 2. The predicted octanol–water partition coefficient (Wildman–Crippen LogP) is 1.54. The van der Waals surface area contributed by atoms with Gasteiger partial charge in [0.2, 0.25) is 5.91 Å². The second kappa shape index (κ2) is 6.60. The van der Waals surface area contributed by atoms with Crippen LogP contribution in [0.2, 0.25) is 0 Å². The second-order valence-electron chi connectivity index (χ2n) is 3.41. The summed E-state index contributed by atoms with van der Waals surface area (Å²) in [5.74, 6) is -0.324. The van der Waals surface area contributed by atoms with Crippen molar-refractivity contribution in [2.75, 3.05) is 13.1 Å². The molecule has 0 fully saturated rings. The van der Waals surface area contributed by atoms with Gasteiger partial charge < -0.3 is 5.73 Å². The van der Waals surface area contributed by atoms with E-state index in [-0.39, 0.29) is 5.91 Å². The molecule has 1 amide bonds. The van der Waals surface area contributed by atoms with E-state index in [1.807, 2.05) is 6.08 Å². The minimum Gasteiger partial charge on any atom is -0.366 e. The third-order valence-electron chi connectivity index (χ3n) is 2.53. The molecular formula is C11H22N2O. The largest absolute Gasteiger partial charge is 0.366 e. The summed E-state index contributed by atoms with van der Waals surface area (Å²) in [4.78, 5) is 13.2. The molecule has 0 heterocycles. The fourth-order valence-electron chi connectivity index (χ4n) is 1.54. The minimum absolute atomic E-state index is 0.324. The molecule has 3 nitrogen and oxygen atoms in total. The molecule has 0 aromatic heterocycles. The van der Waals surface area contributed by atoms with Crippen molar-refractivity contribution in [1.29, 1.82) is 0 Å². The lowest BCUT2D eigenvalue weighted by Gasteiger charge is -2.26. The molecule has 1 unspecified atom stereocenters. The monoisotopic (exact) mass is 198 g/mol. The van der Waals surface area contributed by atoms with Crippen LogP contribution < -0.4 is 5.73 Å². The van der Waals surface area contributed by atoms with Crippen molar-refractivity contribution in [2.45, 2.75) is 40.2 Å². The van der Waals surface area contributed by atoms with Gasteiger partial charge in [0.05, 0.1) is 0 Å².